The minimum absolute atomic E-state index is 0.244. The average Bonchev–Trinajstić information content (AvgIpc) is 2.19. The molecule has 0 bridgehead atoms. The number of hydrogen-bond donors (Lipinski definition) is 1. The molecule has 0 rings (SSSR count). The fraction of sp³-hybridized carbons (Fsp3) is 1.00. The minimum atomic E-state index is -1.91. The normalized spacial score (nSPS) is 14.4. The van der Waals surface area contributed by atoms with Crippen LogP contribution in [0.5, 0.6) is 0 Å². The van der Waals surface area contributed by atoms with Gasteiger partial charge in [0.25, 0.3) is 0 Å². The highest BCUT2D eigenvalue weighted by Gasteiger charge is 2.34. The lowest BCUT2D eigenvalue weighted by Crippen LogP contribution is -2.41. The molecule has 2 N–H and O–H groups in total. The molecular weight excluding hydrogens is 194 g/mol. The van der Waals surface area contributed by atoms with E-state index in [2.05, 4.69) is 6.92 Å². The highest BCUT2D eigenvalue weighted by molar-refractivity contribution is 6.67. The third-order valence-corrected chi connectivity index (χ3v) is 6.29. The summed E-state index contributed by atoms with van der Waals surface area (Å²) < 4.78 is 11.2. The standard InChI is InChI=1S/C10H25NO2Si/c1-5-6-8-14(12-3,13-4)9-7-10(2)11/h10H,5-9,11H2,1-4H3. The largest absolute Gasteiger partial charge is 0.398 e. The van der Waals surface area contributed by atoms with Crippen molar-refractivity contribution in [2.45, 2.75) is 51.2 Å². The zero-order valence-electron chi connectivity index (χ0n) is 10.0. The highest BCUT2D eigenvalue weighted by Crippen LogP contribution is 2.22. The van der Waals surface area contributed by atoms with Crippen molar-refractivity contribution in [3.05, 3.63) is 0 Å². The maximum absolute atomic E-state index is 5.75. The van der Waals surface area contributed by atoms with Crippen molar-refractivity contribution in [3.8, 4) is 0 Å². The molecule has 0 amide bonds. The number of rotatable bonds is 8. The molecule has 14 heavy (non-hydrogen) atoms. The van der Waals surface area contributed by atoms with Gasteiger partial charge in [-0.25, -0.2) is 0 Å². The van der Waals surface area contributed by atoms with E-state index in [1.807, 2.05) is 6.92 Å². The van der Waals surface area contributed by atoms with Gasteiger partial charge in [-0.3, -0.25) is 0 Å². The van der Waals surface area contributed by atoms with Crippen LogP contribution in [0, 0.1) is 0 Å². The Bertz CT molecular complexity index is 138. The molecular formula is C10H25NO2Si. The van der Waals surface area contributed by atoms with E-state index >= 15 is 0 Å². The Balaban J connectivity index is 4.07. The molecule has 86 valence electrons. The summed E-state index contributed by atoms with van der Waals surface area (Å²) in [5, 5.41) is 0. The Labute approximate surface area is 89.2 Å². The van der Waals surface area contributed by atoms with Gasteiger partial charge in [0.05, 0.1) is 0 Å². The number of unbranched alkanes of at least 4 members (excludes halogenated alkanes) is 1. The van der Waals surface area contributed by atoms with Gasteiger partial charge in [-0.1, -0.05) is 19.8 Å². The van der Waals surface area contributed by atoms with E-state index < -0.39 is 8.56 Å². The van der Waals surface area contributed by atoms with Crippen molar-refractivity contribution in [2.24, 2.45) is 5.73 Å². The summed E-state index contributed by atoms with van der Waals surface area (Å²) >= 11 is 0. The van der Waals surface area contributed by atoms with E-state index in [1.54, 1.807) is 14.2 Å². The second kappa shape index (κ2) is 7.40. The van der Waals surface area contributed by atoms with Gasteiger partial charge in [-0.2, -0.15) is 0 Å². The predicted molar refractivity (Wildman–Crippen MR) is 62.6 cm³/mol. The van der Waals surface area contributed by atoms with Crippen LogP contribution in [0.2, 0.25) is 12.1 Å². The summed E-state index contributed by atoms with van der Waals surface area (Å²) in [5.41, 5.74) is 5.75. The molecule has 1 unspecified atom stereocenters. The summed E-state index contributed by atoms with van der Waals surface area (Å²) in [5.74, 6) is 0. The zero-order chi connectivity index (χ0) is 11.0. The molecule has 0 spiro atoms. The second-order valence-electron chi connectivity index (χ2n) is 3.94. The Kier molecular flexibility index (Phi) is 7.45. The van der Waals surface area contributed by atoms with Gasteiger partial charge in [0.1, 0.15) is 0 Å². The maximum atomic E-state index is 5.75. The quantitative estimate of drug-likeness (QED) is 0.637. The lowest BCUT2D eigenvalue weighted by Gasteiger charge is -2.27. The topological polar surface area (TPSA) is 44.5 Å². The number of nitrogens with two attached hydrogens (primary N) is 1. The van der Waals surface area contributed by atoms with Crippen LogP contribution in [0.3, 0.4) is 0 Å². The maximum Gasteiger partial charge on any atom is 0.337 e. The first-order chi connectivity index (χ1) is 6.60. The average molecular weight is 219 g/mol. The first-order valence-corrected chi connectivity index (χ1v) is 7.69. The molecule has 0 radical (unpaired) electrons. The van der Waals surface area contributed by atoms with Crippen molar-refractivity contribution in [1.29, 1.82) is 0 Å². The van der Waals surface area contributed by atoms with Crippen LogP contribution in [0.1, 0.15) is 33.1 Å². The monoisotopic (exact) mass is 219 g/mol. The van der Waals surface area contributed by atoms with Crippen LogP contribution in [0.15, 0.2) is 0 Å². The molecule has 0 aromatic heterocycles. The third kappa shape index (κ3) is 5.10. The van der Waals surface area contributed by atoms with Gasteiger partial charge in [-0.05, 0) is 25.4 Å². The molecule has 0 aromatic rings. The SMILES string of the molecule is CCCC[Si](CCC(C)N)(OC)OC. The van der Waals surface area contributed by atoms with E-state index in [4.69, 9.17) is 14.6 Å². The molecule has 0 heterocycles. The molecule has 0 aliphatic carbocycles. The van der Waals surface area contributed by atoms with Crippen LogP contribution in [0.25, 0.3) is 0 Å². The van der Waals surface area contributed by atoms with Crippen LogP contribution >= 0.6 is 0 Å². The van der Waals surface area contributed by atoms with Crippen molar-refractivity contribution in [3.63, 3.8) is 0 Å². The Morgan fingerprint density at radius 1 is 1.21 bits per heavy atom. The molecule has 0 saturated carbocycles. The lowest BCUT2D eigenvalue weighted by molar-refractivity contribution is 0.238. The van der Waals surface area contributed by atoms with Gasteiger partial charge in [0.2, 0.25) is 0 Å². The first kappa shape index (κ1) is 14.1. The van der Waals surface area contributed by atoms with Crippen LogP contribution in [-0.4, -0.2) is 28.8 Å². The van der Waals surface area contributed by atoms with Crippen LogP contribution < -0.4 is 5.73 Å². The van der Waals surface area contributed by atoms with E-state index in [9.17, 15) is 0 Å². The van der Waals surface area contributed by atoms with Crippen LogP contribution in [0.4, 0.5) is 0 Å². The van der Waals surface area contributed by atoms with Crippen molar-refractivity contribution in [1.82, 2.24) is 0 Å². The van der Waals surface area contributed by atoms with Crippen LogP contribution in [-0.2, 0) is 8.85 Å². The third-order valence-electron chi connectivity index (χ3n) is 2.64. The predicted octanol–water partition coefficient (Wildman–Crippen LogP) is 2.26. The van der Waals surface area contributed by atoms with E-state index in [0.29, 0.717) is 0 Å². The number of hydrogen-bond acceptors (Lipinski definition) is 3. The molecule has 4 heteroatoms. The summed E-state index contributed by atoms with van der Waals surface area (Å²) in [4.78, 5) is 0. The van der Waals surface area contributed by atoms with Crippen molar-refractivity contribution >= 4 is 8.56 Å². The zero-order valence-corrected chi connectivity index (χ0v) is 11.0. The van der Waals surface area contributed by atoms with Crippen molar-refractivity contribution < 1.29 is 8.85 Å². The highest BCUT2D eigenvalue weighted by atomic mass is 28.4. The minimum Gasteiger partial charge on any atom is -0.398 e. The van der Waals surface area contributed by atoms with E-state index in [-0.39, 0.29) is 6.04 Å². The smallest absolute Gasteiger partial charge is 0.337 e. The van der Waals surface area contributed by atoms with Gasteiger partial charge >= 0.3 is 8.56 Å². The molecule has 0 aliphatic rings. The van der Waals surface area contributed by atoms with Gasteiger partial charge in [0.15, 0.2) is 0 Å². The fourth-order valence-electron chi connectivity index (χ4n) is 1.51. The fourth-order valence-corrected chi connectivity index (χ4v) is 4.53. The molecule has 0 aromatic carbocycles. The van der Waals surface area contributed by atoms with Crippen molar-refractivity contribution in [2.75, 3.05) is 14.2 Å². The Morgan fingerprint density at radius 2 is 1.79 bits per heavy atom. The van der Waals surface area contributed by atoms with Gasteiger partial charge < -0.3 is 14.6 Å². The molecule has 0 fully saturated rings. The second-order valence-corrected chi connectivity index (χ2v) is 7.58. The first-order valence-electron chi connectivity index (χ1n) is 5.46. The molecule has 1 atom stereocenters. The van der Waals surface area contributed by atoms with Gasteiger partial charge in [0, 0.05) is 20.3 Å². The Hall–Kier alpha value is 0.0969. The lowest BCUT2D eigenvalue weighted by atomic mass is 10.3. The summed E-state index contributed by atoms with van der Waals surface area (Å²) in [6, 6.07) is 2.34. The Morgan fingerprint density at radius 3 is 2.14 bits per heavy atom. The van der Waals surface area contributed by atoms with E-state index in [1.165, 1.54) is 12.8 Å². The summed E-state index contributed by atoms with van der Waals surface area (Å²) in [6.45, 7) is 4.22. The molecule has 0 saturated heterocycles. The molecule has 3 nitrogen and oxygen atoms in total. The van der Waals surface area contributed by atoms with Gasteiger partial charge in [-0.15, -0.1) is 0 Å². The summed E-state index contributed by atoms with van der Waals surface area (Å²) in [6.07, 6.45) is 3.38. The summed E-state index contributed by atoms with van der Waals surface area (Å²) in [7, 11) is 1.63. The molecule has 0 aliphatic heterocycles. The van der Waals surface area contributed by atoms with E-state index in [0.717, 1.165) is 18.5 Å².